The first-order valence-electron chi connectivity index (χ1n) is 14.3. The Bertz CT molecular complexity index is 1730. The lowest BCUT2D eigenvalue weighted by atomic mass is 9.96. The molecule has 0 atom stereocenters. The van der Waals surface area contributed by atoms with Crippen molar-refractivity contribution >= 4 is 10.9 Å². The molecule has 6 rings (SSSR count). The highest BCUT2D eigenvalue weighted by Gasteiger charge is 2.43. The average Bonchev–Trinajstić information content (AvgIpc) is 3.63. The van der Waals surface area contributed by atoms with Gasteiger partial charge in [0.05, 0.1) is 28.2 Å². The highest BCUT2D eigenvalue weighted by molar-refractivity contribution is 5.95. The van der Waals surface area contributed by atoms with Crippen LogP contribution < -0.4 is 0 Å². The quantitative estimate of drug-likeness (QED) is 0.227. The summed E-state index contributed by atoms with van der Waals surface area (Å²) in [4.78, 5) is 5.68. The molecule has 2 aromatic heterocycles. The van der Waals surface area contributed by atoms with E-state index in [0.717, 1.165) is 51.9 Å². The van der Waals surface area contributed by atoms with Crippen LogP contribution in [0.25, 0.3) is 27.8 Å². The number of halogens is 3. The van der Waals surface area contributed by atoms with Gasteiger partial charge in [0.25, 0.3) is 0 Å². The minimum Gasteiger partial charge on any atom is -0.361 e. The normalized spacial score (nSPS) is 15.1. The predicted molar refractivity (Wildman–Crippen MR) is 158 cm³/mol. The van der Waals surface area contributed by atoms with Crippen LogP contribution in [0.5, 0.6) is 0 Å². The number of hydrogen-bond donors (Lipinski definition) is 1. The first-order valence-corrected chi connectivity index (χ1v) is 14.3. The topological polar surface area (TPSA) is 36.9 Å². The number of aryl methyl sites for hydroxylation is 3. The van der Waals surface area contributed by atoms with Crippen molar-refractivity contribution in [1.29, 1.82) is 0 Å². The number of nitrogens with zero attached hydrogens (tertiary/aromatic N) is 3. The van der Waals surface area contributed by atoms with Crippen molar-refractivity contribution in [3.05, 3.63) is 106 Å². The fourth-order valence-electron chi connectivity index (χ4n) is 6.36. The summed E-state index contributed by atoms with van der Waals surface area (Å²) in [5.41, 5.74) is 9.61. The minimum atomic E-state index is -4.35. The zero-order valence-corrected chi connectivity index (χ0v) is 24.2. The summed E-state index contributed by atoms with van der Waals surface area (Å²) < 4.78 is 42.1. The SMILES string of the molecule is CCc1cccc(CC)c1-n1nc2c(c1-c1cccc3[nH]ccc13)CN(Cc1ccc(C(F)(F)F)cc1C)C2(C)C. The van der Waals surface area contributed by atoms with E-state index in [9.17, 15) is 13.2 Å². The molecule has 1 aliphatic rings. The van der Waals surface area contributed by atoms with Gasteiger partial charge in [-0.05, 0) is 80.1 Å². The summed E-state index contributed by atoms with van der Waals surface area (Å²) in [5.74, 6) is 0. The molecule has 0 amide bonds. The van der Waals surface area contributed by atoms with Crippen LogP contribution in [0.4, 0.5) is 13.2 Å². The molecular formula is C34H35F3N4. The fourth-order valence-corrected chi connectivity index (χ4v) is 6.36. The number of H-pyrrole nitrogens is 1. The smallest absolute Gasteiger partial charge is 0.361 e. The van der Waals surface area contributed by atoms with Gasteiger partial charge in [0, 0.05) is 41.3 Å². The number of hydrogen-bond acceptors (Lipinski definition) is 2. The number of nitrogens with one attached hydrogen (secondary N) is 1. The Balaban J connectivity index is 1.52. The second-order valence-electron chi connectivity index (χ2n) is 11.5. The zero-order chi connectivity index (χ0) is 29.1. The van der Waals surface area contributed by atoms with Crippen LogP contribution in [-0.4, -0.2) is 19.7 Å². The zero-order valence-electron chi connectivity index (χ0n) is 24.2. The molecule has 1 aliphatic heterocycles. The van der Waals surface area contributed by atoms with Crippen molar-refractivity contribution in [1.82, 2.24) is 19.7 Å². The lowest BCUT2D eigenvalue weighted by molar-refractivity contribution is -0.137. The van der Waals surface area contributed by atoms with Gasteiger partial charge in [-0.3, -0.25) is 4.90 Å². The van der Waals surface area contributed by atoms with Crippen molar-refractivity contribution < 1.29 is 13.2 Å². The minimum absolute atomic E-state index is 0.427. The second-order valence-corrected chi connectivity index (χ2v) is 11.5. The van der Waals surface area contributed by atoms with Crippen LogP contribution in [0.2, 0.25) is 0 Å². The summed E-state index contributed by atoms with van der Waals surface area (Å²) in [6.07, 6.45) is -0.596. The molecule has 0 saturated heterocycles. The first kappa shape index (κ1) is 27.3. The number of rotatable bonds is 6. The molecule has 0 aliphatic carbocycles. The van der Waals surface area contributed by atoms with Gasteiger partial charge in [-0.25, -0.2) is 4.68 Å². The number of alkyl halides is 3. The average molecular weight is 557 g/mol. The predicted octanol–water partition coefficient (Wildman–Crippen LogP) is 8.72. The van der Waals surface area contributed by atoms with Gasteiger partial charge >= 0.3 is 6.18 Å². The standard InChI is InChI=1S/C34H35F3N4/c1-6-22-10-8-11-23(7-2)30(22)41-31(27-12-9-13-29-26(27)16-17-38-29)28-20-40(33(4,5)32(28)39-41)19-24-14-15-25(18-21(24)3)34(35,36)37/h8-18,38H,6-7,19-20H2,1-5H3. The van der Waals surface area contributed by atoms with E-state index in [4.69, 9.17) is 5.10 Å². The summed E-state index contributed by atoms with van der Waals surface area (Å²) in [6.45, 7) is 11.6. The molecule has 3 heterocycles. The van der Waals surface area contributed by atoms with E-state index in [0.29, 0.717) is 18.7 Å². The summed E-state index contributed by atoms with van der Waals surface area (Å²) in [5, 5.41) is 6.51. The molecule has 5 aromatic rings. The van der Waals surface area contributed by atoms with Gasteiger partial charge in [-0.1, -0.05) is 50.2 Å². The van der Waals surface area contributed by atoms with E-state index < -0.39 is 17.3 Å². The van der Waals surface area contributed by atoms with Crippen molar-refractivity contribution in [2.75, 3.05) is 0 Å². The van der Waals surface area contributed by atoms with Crippen LogP contribution in [0.3, 0.4) is 0 Å². The van der Waals surface area contributed by atoms with Crippen LogP contribution in [0, 0.1) is 6.92 Å². The Morgan fingerprint density at radius 1 is 0.927 bits per heavy atom. The maximum absolute atomic E-state index is 13.3. The van der Waals surface area contributed by atoms with Crippen LogP contribution in [0.15, 0.2) is 66.9 Å². The van der Waals surface area contributed by atoms with E-state index in [2.05, 4.69) is 84.7 Å². The Kier molecular flexibility index (Phi) is 6.61. The lowest BCUT2D eigenvalue weighted by Crippen LogP contribution is -2.36. The molecule has 3 aromatic carbocycles. The molecule has 0 radical (unpaired) electrons. The third-order valence-corrected chi connectivity index (χ3v) is 8.76. The third kappa shape index (κ3) is 4.47. The van der Waals surface area contributed by atoms with E-state index in [1.54, 1.807) is 13.0 Å². The van der Waals surface area contributed by atoms with E-state index >= 15 is 0 Å². The molecule has 0 unspecified atom stereocenters. The second kappa shape index (κ2) is 9.91. The Hall–Kier alpha value is -3.84. The summed E-state index contributed by atoms with van der Waals surface area (Å²) >= 11 is 0. The molecular weight excluding hydrogens is 521 g/mol. The molecule has 7 heteroatoms. The van der Waals surface area contributed by atoms with Gasteiger partial charge in [0.2, 0.25) is 0 Å². The monoisotopic (exact) mass is 556 g/mol. The number of aromatic nitrogens is 3. The Morgan fingerprint density at radius 3 is 2.29 bits per heavy atom. The molecule has 4 nitrogen and oxygen atoms in total. The van der Waals surface area contributed by atoms with E-state index in [-0.39, 0.29) is 0 Å². The highest BCUT2D eigenvalue weighted by Crippen LogP contribution is 2.46. The van der Waals surface area contributed by atoms with Gasteiger partial charge in [0.1, 0.15) is 0 Å². The van der Waals surface area contributed by atoms with Crippen molar-refractivity contribution in [3.63, 3.8) is 0 Å². The van der Waals surface area contributed by atoms with Crippen LogP contribution in [-0.2, 0) is 37.6 Å². The number of aromatic amines is 1. The molecule has 41 heavy (non-hydrogen) atoms. The number of benzene rings is 3. The van der Waals surface area contributed by atoms with Gasteiger partial charge < -0.3 is 4.98 Å². The Morgan fingerprint density at radius 2 is 1.63 bits per heavy atom. The van der Waals surface area contributed by atoms with Crippen LogP contribution >= 0.6 is 0 Å². The van der Waals surface area contributed by atoms with Gasteiger partial charge in [-0.15, -0.1) is 0 Å². The maximum atomic E-state index is 13.3. The van der Waals surface area contributed by atoms with Gasteiger partial charge in [-0.2, -0.15) is 18.3 Å². The Labute approximate surface area is 238 Å². The summed E-state index contributed by atoms with van der Waals surface area (Å²) in [6, 6.07) is 19.0. The van der Waals surface area contributed by atoms with E-state index in [1.807, 2.05) is 6.20 Å². The summed E-state index contributed by atoms with van der Waals surface area (Å²) in [7, 11) is 0. The maximum Gasteiger partial charge on any atom is 0.416 e. The van der Waals surface area contributed by atoms with Crippen molar-refractivity contribution in [2.24, 2.45) is 0 Å². The number of para-hydroxylation sites is 1. The number of fused-ring (bicyclic) bond motifs is 2. The largest absolute Gasteiger partial charge is 0.416 e. The molecule has 0 fully saturated rings. The molecule has 0 saturated carbocycles. The molecule has 0 spiro atoms. The highest BCUT2D eigenvalue weighted by atomic mass is 19.4. The molecule has 0 bridgehead atoms. The first-order chi connectivity index (χ1) is 19.5. The third-order valence-electron chi connectivity index (χ3n) is 8.76. The van der Waals surface area contributed by atoms with E-state index in [1.165, 1.54) is 28.8 Å². The van der Waals surface area contributed by atoms with Crippen molar-refractivity contribution in [3.8, 4) is 16.9 Å². The lowest BCUT2D eigenvalue weighted by Gasteiger charge is -2.32. The van der Waals surface area contributed by atoms with Gasteiger partial charge in [0.15, 0.2) is 0 Å². The van der Waals surface area contributed by atoms with Crippen molar-refractivity contribution in [2.45, 2.75) is 72.3 Å². The fraction of sp³-hybridized carbons (Fsp3) is 0.324. The van der Waals surface area contributed by atoms with Crippen LogP contribution in [0.1, 0.15) is 66.8 Å². The molecule has 1 N–H and O–H groups in total. The molecule has 212 valence electrons.